The number of nitrogens with one attached hydrogen (secondary N) is 1. The predicted molar refractivity (Wildman–Crippen MR) is 82.4 cm³/mol. The van der Waals surface area contributed by atoms with Crippen LogP contribution in [0.3, 0.4) is 0 Å². The number of hydrogen-bond donors (Lipinski definition) is 2. The predicted octanol–water partition coefficient (Wildman–Crippen LogP) is 4.04. The first-order chi connectivity index (χ1) is 9.36. The first kappa shape index (κ1) is 14.5. The number of halogens is 2. The molecule has 0 heterocycles. The van der Waals surface area contributed by atoms with Crippen molar-refractivity contribution < 1.29 is 9.18 Å². The van der Waals surface area contributed by atoms with Gasteiger partial charge in [0, 0.05) is 15.7 Å². The van der Waals surface area contributed by atoms with E-state index in [2.05, 4.69) is 21.2 Å². The fraction of sp³-hybridized carbons (Fsp3) is 0.133. The molecule has 0 bridgehead atoms. The molecule has 2 aromatic rings. The van der Waals surface area contributed by atoms with Crippen molar-refractivity contribution in [2.24, 2.45) is 0 Å². The number of nitrogens with two attached hydrogens (primary N) is 1. The van der Waals surface area contributed by atoms with Crippen LogP contribution in [-0.2, 0) is 0 Å². The maximum absolute atomic E-state index is 13.3. The summed E-state index contributed by atoms with van der Waals surface area (Å²) < 4.78 is 14.1. The van der Waals surface area contributed by atoms with E-state index in [9.17, 15) is 9.18 Å². The molecule has 2 rings (SSSR count). The molecule has 0 aliphatic carbocycles. The van der Waals surface area contributed by atoms with Crippen LogP contribution in [0.15, 0.2) is 34.8 Å². The lowest BCUT2D eigenvalue weighted by atomic mass is 10.1. The van der Waals surface area contributed by atoms with Crippen molar-refractivity contribution >= 4 is 33.2 Å². The summed E-state index contributed by atoms with van der Waals surface area (Å²) >= 11 is 3.41. The van der Waals surface area contributed by atoms with Gasteiger partial charge < -0.3 is 11.1 Å². The minimum absolute atomic E-state index is 0.189. The van der Waals surface area contributed by atoms with Crippen LogP contribution in [0.4, 0.5) is 15.8 Å². The monoisotopic (exact) mass is 336 g/mol. The van der Waals surface area contributed by atoms with Crippen molar-refractivity contribution in [2.45, 2.75) is 13.8 Å². The molecule has 3 nitrogen and oxygen atoms in total. The number of aryl methyl sites for hydroxylation is 2. The summed E-state index contributed by atoms with van der Waals surface area (Å²) in [5, 5.41) is 2.77. The summed E-state index contributed by atoms with van der Waals surface area (Å²) in [6.07, 6.45) is 0. The number of carbonyl (C=O) groups excluding carboxylic acids is 1. The molecule has 0 aliphatic rings. The summed E-state index contributed by atoms with van der Waals surface area (Å²) in [5.74, 6) is -0.932. The van der Waals surface area contributed by atoms with Crippen molar-refractivity contribution in [3.63, 3.8) is 0 Å². The molecule has 104 valence electrons. The van der Waals surface area contributed by atoms with Gasteiger partial charge in [0.05, 0.1) is 5.69 Å². The number of nitrogen functional groups attached to an aromatic ring is 1. The Morgan fingerprint density at radius 1 is 1.20 bits per heavy atom. The van der Waals surface area contributed by atoms with Gasteiger partial charge in [-0.3, -0.25) is 4.79 Å². The molecule has 0 radical (unpaired) electrons. The molecule has 0 aromatic heterocycles. The van der Waals surface area contributed by atoms with Crippen LogP contribution in [0, 0.1) is 19.7 Å². The lowest BCUT2D eigenvalue weighted by Gasteiger charge is -2.12. The first-order valence-electron chi connectivity index (χ1n) is 6.01. The quantitative estimate of drug-likeness (QED) is 0.813. The van der Waals surface area contributed by atoms with Gasteiger partial charge >= 0.3 is 0 Å². The minimum atomic E-state index is -0.533. The molecule has 0 saturated carbocycles. The zero-order valence-corrected chi connectivity index (χ0v) is 12.7. The van der Waals surface area contributed by atoms with Crippen LogP contribution in [0.5, 0.6) is 0 Å². The molecule has 0 spiro atoms. The van der Waals surface area contributed by atoms with E-state index in [-0.39, 0.29) is 11.3 Å². The Bertz CT molecular complexity index is 642. The van der Waals surface area contributed by atoms with Gasteiger partial charge in [-0.15, -0.1) is 0 Å². The third-order valence-corrected chi connectivity index (χ3v) is 3.48. The highest BCUT2D eigenvalue weighted by Crippen LogP contribution is 2.28. The van der Waals surface area contributed by atoms with Crippen molar-refractivity contribution in [1.29, 1.82) is 0 Å². The molecule has 20 heavy (non-hydrogen) atoms. The molecule has 0 fully saturated rings. The summed E-state index contributed by atoms with van der Waals surface area (Å²) in [6, 6.07) is 7.63. The molecule has 2 aromatic carbocycles. The number of benzene rings is 2. The highest BCUT2D eigenvalue weighted by molar-refractivity contribution is 9.10. The third-order valence-electron chi connectivity index (χ3n) is 2.85. The zero-order chi connectivity index (χ0) is 14.9. The third kappa shape index (κ3) is 3.17. The second-order valence-electron chi connectivity index (χ2n) is 4.67. The van der Waals surface area contributed by atoms with Crippen LogP contribution in [0.25, 0.3) is 0 Å². The van der Waals surface area contributed by atoms with E-state index in [1.54, 1.807) is 0 Å². The Labute approximate surface area is 125 Å². The zero-order valence-electron chi connectivity index (χ0n) is 11.1. The van der Waals surface area contributed by atoms with Gasteiger partial charge in [0.25, 0.3) is 5.91 Å². The van der Waals surface area contributed by atoms with Crippen LogP contribution >= 0.6 is 15.9 Å². The molecule has 0 atom stereocenters. The standard InChI is InChI=1S/C15H14BrFN2O/c1-8-3-9(2)14(13(16)4-8)19-15(20)10-5-11(17)7-12(18)6-10/h3-7H,18H2,1-2H3,(H,19,20). The van der Waals surface area contributed by atoms with Crippen molar-refractivity contribution in [3.8, 4) is 0 Å². The highest BCUT2D eigenvalue weighted by atomic mass is 79.9. The van der Waals surface area contributed by atoms with Crippen molar-refractivity contribution in [3.05, 3.63) is 57.3 Å². The lowest BCUT2D eigenvalue weighted by molar-refractivity contribution is 0.102. The SMILES string of the molecule is Cc1cc(C)c(NC(=O)c2cc(N)cc(F)c2)c(Br)c1. The first-order valence-corrected chi connectivity index (χ1v) is 6.80. The Morgan fingerprint density at radius 2 is 1.90 bits per heavy atom. The van der Waals surface area contributed by atoms with E-state index in [0.29, 0.717) is 5.69 Å². The molecule has 0 aliphatic heterocycles. The second-order valence-corrected chi connectivity index (χ2v) is 5.52. The van der Waals surface area contributed by atoms with Gasteiger partial charge in [-0.05, 0) is 65.2 Å². The Morgan fingerprint density at radius 3 is 2.50 bits per heavy atom. The summed E-state index contributed by atoms with van der Waals surface area (Å²) in [7, 11) is 0. The van der Waals surface area contributed by atoms with Gasteiger partial charge in [0.1, 0.15) is 5.82 Å². The van der Waals surface area contributed by atoms with E-state index in [1.165, 1.54) is 12.1 Å². The smallest absolute Gasteiger partial charge is 0.255 e. The highest BCUT2D eigenvalue weighted by Gasteiger charge is 2.12. The maximum atomic E-state index is 13.3. The average Bonchev–Trinajstić information content (AvgIpc) is 2.32. The van der Waals surface area contributed by atoms with Gasteiger partial charge in [0.15, 0.2) is 0 Å². The molecule has 0 unspecified atom stereocenters. The van der Waals surface area contributed by atoms with Crippen LogP contribution in [0.1, 0.15) is 21.5 Å². The van der Waals surface area contributed by atoms with E-state index >= 15 is 0 Å². The number of hydrogen-bond acceptors (Lipinski definition) is 2. The molecule has 5 heteroatoms. The number of anilines is 2. The van der Waals surface area contributed by atoms with Gasteiger partial charge in [-0.25, -0.2) is 4.39 Å². The average molecular weight is 337 g/mol. The lowest BCUT2D eigenvalue weighted by Crippen LogP contribution is -2.14. The summed E-state index contributed by atoms with van der Waals surface area (Å²) in [5.41, 5.74) is 8.63. The Kier molecular flexibility index (Phi) is 4.09. The van der Waals surface area contributed by atoms with Gasteiger partial charge in [-0.2, -0.15) is 0 Å². The van der Waals surface area contributed by atoms with E-state index in [1.807, 2.05) is 26.0 Å². The topological polar surface area (TPSA) is 55.1 Å². The van der Waals surface area contributed by atoms with E-state index in [0.717, 1.165) is 21.7 Å². The van der Waals surface area contributed by atoms with E-state index < -0.39 is 11.7 Å². The second kappa shape index (κ2) is 5.63. The number of carbonyl (C=O) groups is 1. The molecular formula is C15H14BrFN2O. The van der Waals surface area contributed by atoms with Crippen molar-refractivity contribution in [2.75, 3.05) is 11.1 Å². The molecule has 0 saturated heterocycles. The van der Waals surface area contributed by atoms with Crippen LogP contribution < -0.4 is 11.1 Å². The largest absolute Gasteiger partial charge is 0.399 e. The minimum Gasteiger partial charge on any atom is -0.399 e. The number of rotatable bonds is 2. The summed E-state index contributed by atoms with van der Waals surface area (Å²) in [4.78, 5) is 12.2. The van der Waals surface area contributed by atoms with Gasteiger partial charge in [0.2, 0.25) is 0 Å². The summed E-state index contributed by atoms with van der Waals surface area (Å²) in [6.45, 7) is 3.87. The fourth-order valence-corrected chi connectivity index (χ4v) is 2.78. The maximum Gasteiger partial charge on any atom is 0.255 e. The molecule has 1 amide bonds. The Balaban J connectivity index is 2.32. The van der Waals surface area contributed by atoms with Crippen molar-refractivity contribution in [1.82, 2.24) is 0 Å². The fourth-order valence-electron chi connectivity index (χ4n) is 2.00. The molecular weight excluding hydrogens is 323 g/mol. The Hall–Kier alpha value is -1.88. The normalized spacial score (nSPS) is 10.4. The van der Waals surface area contributed by atoms with Crippen LogP contribution in [0.2, 0.25) is 0 Å². The van der Waals surface area contributed by atoms with E-state index in [4.69, 9.17) is 5.73 Å². The van der Waals surface area contributed by atoms with Crippen LogP contribution in [-0.4, -0.2) is 5.91 Å². The van der Waals surface area contributed by atoms with Gasteiger partial charge in [-0.1, -0.05) is 6.07 Å². The number of amides is 1. The molecule has 3 N–H and O–H groups in total.